The van der Waals surface area contributed by atoms with Crippen LogP contribution in [-0.2, 0) is 4.79 Å². The predicted octanol–water partition coefficient (Wildman–Crippen LogP) is 0.970. The lowest BCUT2D eigenvalue weighted by Crippen LogP contribution is -2.44. The van der Waals surface area contributed by atoms with Crippen molar-refractivity contribution < 1.29 is 9.90 Å². The molecule has 3 unspecified atom stereocenters. The normalized spacial score (nSPS) is 23.4. The molecule has 1 saturated heterocycles. The third-order valence-corrected chi connectivity index (χ3v) is 4.78. The quantitative estimate of drug-likeness (QED) is 0.702. The highest BCUT2D eigenvalue weighted by Gasteiger charge is 2.28. The van der Waals surface area contributed by atoms with Crippen molar-refractivity contribution in [1.29, 1.82) is 0 Å². The van der Waals surface area contributed by atoms with Crippen molar-refractivity contribution >= 4 is 17.2 Å². The van der Waals surface area contributed by atoms with E-state index in [1.165, 1.54) is 5.56 Å². The number of carbonyl (C=O) groups excluding carboxylic acids is 1. The molecular formula is C15H25N3O2S. The Morgan fingerprint density at radius 2 is 2.33 bits per heavy atom. The van der Waals surface area contributed by atoms with E-state index in [9.17, 15) is 9.90 Å². The molecular weight excluding hydrogens is 286 g/mol. The van der Waals surface area contributed by atoms with E-state index in [0.29, 0.717) is 19.5 Å². The summed E-state index contributed by atoms with van der Waals surface area (Å²) in [6.45, 7) is 7.29. The molecule has 6 heteroatoms. The summed E-state index contributed by atoms with van der Waals surface area (Å²) >= 11 is 1.68. The van der Waals surface area contributed by atoms with Crippen molar-refractivity contribution in [3.63, 3.8) is 0 Å². The SMILES string of the molecule is CCN(CC)C(CNC(=O)C1CC(O)CN1)c1ccsc1. The van der Waals surface area contributed by atoms with Gasteiger partial charge in [-0.1, -0.05) is 13.8 Å². The summed E-state index contributed by atoms with van der Waals surface area (Å²) in [4.78, 5) is 14.5. The zero-order valence-corrected chi connectivity index (χ0v) is 13.5. The van der Waals surface area contributed by atoms with Gasteiger partial charge in [-0.05, 0) is 41.9 Å². The lowest BCUT2D eigenvalue weighted by Gasteiger charge is -2.29. The fourth-order valence-corrected chi connectivity index (χ4v) is 3.53. The Morgan fingerprint density at radius 3 is 2.86 bits per heavy atom. The zero-order chi connectivity index (χ0) is 15.2. The van der Waals surface area contributed by atoms with Crippen LogP contribution in [-0.4, -0.2) is 54.2 Å². The molecule has 3 atom stereocenters. The molecule has 0 aliphatic carbocycles. The van der Waals surface area contributed by atoms with Gasteiger partial charge in [-0.2, -0.15) is 11.3 Å². The summed E-state index contributed by atoms with van der Waals surface area (Å²) in [6.07, 6.45) is 0.0939. The first-order valence-corrected chi connectivity index (χ1v) is 8.55. The summed E-state index contributed by atoms with van der Waals surface area (Å²) in [5.74, 6) is -0.0149. The average Bonchev–Trinajstić information content (AvgIpc) is 3.14. The van der Waals surface area contributed by atoms with Gasteiger partial charge < -0.3 is 15.7 Å². The van der Waals surface area contributed by atoms with Crippen LogP contribution in [0.3, 0.4) is 0 Å². The first kappa shape index (κ1) is 16.4. The van der Waals surface area contributed by atoms with Crippen LogP contribution < -0.4 is 10.6 Å². The Morgan fingerprint density at radius 1 is 1.57 bits per heavy atom. The minimum absolute atomic E-state index is 0.0149. The van der Waals surface area contributed by atoms with Crippen LogP contribution in [0.2, 0.25) is 0 Å². The number of thiophene rings is 1. The van der Waals surface area contributed by atoms with Crippen LogP contribution in [0.4, 0.5) is 0 Å². The van der Waals surface area contributed by atoms with Gasteiger partial charge in [-0.15, -0.1) is 0 Å². The molecule has 2 rings (SSSR count). The van der Waals surface area contributed by atoms with Crippen molar-refractivity contribution in [1.82, 2.24) is 15.5 Å². The van der Waals surface area contributed by atoms with Crippen molar-refractivity contribution in [3.8, 4) is 0 Å². The molecule has 0 radical (unpaired) electrons. The maximum Gasteiger partial charge on any atom is 0.237 e. The number of nitrogens with one attached hydrogen (secondary N) is 2. The second kappa shape index (κ2) is 7.89. The third-order valence-electron chi connectivity index (χ3n) is 4.07. The Labute approximate surface area is 130 Å². The predicted molar refractivity (Wildman–Crippen MR) is 85.4 cm³/mol. The average molecular weight is 311 g/mol. The molecule has 1 aliphatic heterocycles. The van der Waals surface area contributed by atoms with Gasteiger partial charge in [-0.25, -0.2) is 0 Å². The summed E-state index contributed by atoms with van der Waals surface area (Å²) in [6, 6.07) is 2.07. The molecule has 1 aliphatic rings. The van der Waals surface area contributed by atoms with E-state index in [-0.39, 0.29) is 18.0 Å². The standard InChI is InChI=1S/C15H25N3O2S/c1-3-18(4-2)14(11-5-6-21-10-11)9-17-15(20)13-7-12(19)8-16-13/h5-6,10,12-14,16,19H,3-4,7-9H2,1-2H3,(H,17,20). The number of hydrogen-bond acceptors (Lipinski definition) is 5. The third kappa shape index (κ3) is 4.26. The van der Waals surface area contributed by atoms with Gasteiger partial charge in [0.25, 0.3) is 0 Å². The van der Waals surface area contributed by atoms with Gasteiger partial charge >= 0.3 is 0 Å². The summed E-state index contributed by atoms with van der Waals surface area (Å²) in [5, 5.41) is 19.8. The molecule has 118 valence electrons. The van der Waals surface area contributed by atoms with E-state index < -0.39 is 6.10 Å². The summed E-state index contributed by atoms with van der Waals surface area (Å²) < 4.78 is 0. The molecule has 1 fully saturated rings. The van der Waals surface area contributed by atoms with E-state index in [1.807, 2.05) is 0 Å². The van der Waals surface area contributed by atoms with E-state index in [1.54, 1.807) is 11.3 Å². The molecule has 0 aromatic carbocycles. The van der Waals surface area contributed by atoms with Crippen LogP contribution in [0, 0.1) is 0 Å². The molecule has 0 spiro atoms. The van der Waals surface area contributed by atoms with Gasteiger partial charge in [0.15, 0.2) is 0 Å². The highest BCUT2D eigenvalue weighted by Crippen LogP contribution is 2.22. The van der Waals surface area contributed by atoms with Crippen molar-refractivity contribution in [2.24, 2.45) is 0 Å². The van der Waals surface area contributed by atoms with Crippen LogP contribution >= 0.6 is 11.3 Å². The Bertz CT molecular complexity index is 434. The molecule has 5 nitrogen and oxygen atoms in total. The van der Waals surface area contributed by atoms with Gasteiger partial charge in [0.2, 0.25) is 5.91 Å². The molecule has 3 N–H and O–H groups in total. The lowest BCUT2D eigenvalue weighted by atomic mass is 10.1. The van der Waals surface area contributed by atoms with Gasteiger partial charge in [0, 0.05) is 13.1 Å². The topological polar surface area (TPSA) is 64.6 Å². The van der Waals surface area contributed by atoms with Gasteiger partial charge in [-0.3, -0.25) is 9.69 Å². The van der Waals surface area contributed by atoms with E-state index in [2.05, 4.69) is 46.2 Å². The molecule has 1 aromatic rings. The number of amides is 1. The first-order valence-electron chi connectivity index (χ1n) is 7.61. The van der Waals surface area contributed by atoms with Crippen molar-refractivity contribution in [2.45, 2.75) is 38.5 Å². The second-order valence-corrected chi connectivity index (χ2v) is 6.17. The first-order chi connectivity index (χ1) is 10.2. The van der Waals surface area contributed by atoms with Crippen LogP contribution in [0.5, 0.6) is 0 Å². The molecule has 0 bridgehead atoms. The number of likely N-dealkylation sites (N-methyl/N-ethyl adjacent to an activating group) is 1. The van der Waals surface area contributed by atoms with Crippen LogP contribution in [0.15, 0.2) is 16.8 Å². The Kier molecular flexibility index (Phi) is 6.17. The van der Waals surface area contributed by atoms with Crippen molar-refractivity contribution in [2.75, 3.05) is 26.2 Å². The van der Waals surface area contributed by atoms with E-state index in [0.717, 1.165) is 13.1 Å². The lowest BCUT2D eigenvalue weighted by molar-refractivity contribution is -0.123. The largest absolute Gasteiger partial charge is 0.392 e. The zero-order valence-electron chi connectivity index (χ0n) is 12.7. The molecule has 21 heavy (non-hydrogen) atoms. The number of aliphatic hydroxyl groups excluding tert-OH is 1. The maximum atomic E-state index is 12.2. The fraction of sp³-hybridized carbons (Fsp3) is 0.667. The highest BCUT2D eigenvalue weighted by atomic mass is 32.1. The molecule has 1 aromatic heterocycles. The number of rotatable bonds is 7. The minimum Gasteiger partial charge on any atom is -0.392 e. The number of nitrogens with zero attached hydrogens (tertiary/aromatic N) is 1. The smallest absolute Gasteiger partial charge is 0.237 e. The van der Waals surface area contributed by atoms with E-state index in [4.69, 9.17) is 0 Å². The molecule has 2 heterocycles. The van der Waals surface area contributed by atoms with E-state index >= 15 is 0 Å². The monoisotopic (exact) mass is 311 g/mol. The number of aliphatic hydroxyl groups is 1. The van der Waals surface area contributed by atoms with Crippen molar-refractivity contribution in [3.05, 3.63) is 22.4 Å². The fourth-order valence-electron chi connectivity index (χ4n) is 2.82. The van der Waals surface area contributed by atoms with Gasteiger partial charge in [0.1, 0.15) is 0 Å². The second-order valence-electron chi connectivity index (χ2n) is 5.39. The summed E-state index contributed by atoms with van der Waals surface area (Å²) in [7, 11) is 0. The number of carbonyl (C=O) groups is 1. The minimum atomic E-state index is -0.406. The number of β-amino-alcohol motifs (C(OH)–C–C–N with tert-alkyl or cyclic N) is 1. The van der Waals surface area contributed by atoms with Crippen LogP contribution in [0.1, 0.15) is 31.9 Å². The highest BCUT2D eigenvalue weighted by molar-refractivity contribution is 7.07. The maximum absolute atomic E-state index is 12.2. The number of hydrogen-bond donors (Lipinski definition) is 3. The summed E-state index contributed by atoms with van der Waals surface area (Å²) in [5.41, 5.74) is 1.25. The Balaban J connectivity index is 1.94. The van der Waals surface area contributed by atoms with Gasteiger partial charge in [0.05, 0.1) is 18.2 Å². The molecule has 0 saturated carbocycles. The molecule has 1 amide bonds. The Hall–Kier alpha value is -0.950. The van der Waals surface area contributed by atoms with Crippen LogP contribution in [0.25, 0.3) is 0 Å².